The molecule has 0 radical (unpaired) electrons. The minimum Gasteiger partial charge on any atom is -0.324 e. The average molecular weight is 400 g/mol. The summed E-state index contributed by atoms with van der Waals surface area (Å²) in [6.45, 7) is 0. The molecular weight excluding hydrogens is 384 g/mol. The van der Waals surface area contributed by atoms with Gasteiger partial charge < -0.3 is 5.32 Å². The van der Waals surface area contributed by atoms with Crippen LogP contribution in [-0.2, 0) is 19.4 Å². The summed E-state index contributed by atoms with van der Waals surface area (Å²) >= 11 is 0. The molecule has 1 fully saturated rings. The topological polar surface area (TPSA) is 135 Å². The van der Waals surface area contributed by atoms with Gasteiger partial charge in [-0.2, -0.15) is 19.6 Å². The summed E-state index contributed by atoms with van der Waals surface area (Å²) in [6.07, 6.45) is 11.5. The Morgan fingerprint density at radius 3 is 2.71 bits per heavy atom. The Bertz CT molecular complexity index is 1210. The first-order valence-corrected chi connectivity index (χ1v) is 10.3. The number of rotatable bonds is 4. The van der Waals surface area contributed by atoms with Crippen LogP contribution in [0.3, 0.4) is 0 Å². The van der Waals surface area contributed by atoms with E-state index in [-0.39, 0.29) is 28.7 Å². The van der Waals surface area contributed by atoms with Crippen LogP contribution in [0.5, 0.6) is 0 Å². The van der Waals surface area contributed by atoms with E-state index < -0.39 is 21.7 Å². The lowest BCUT2D eigenvalue weighted by Gasteiger charge is -2.11. The van der Waals surface area contributed by atoms with E-state index in [9.17, 15) is 18.0 Å². The smallest absolute Gasteiger partial charge is 0.254 e. The van der Waals surface area contributed by atoms with Gasteiger partial charge in [0, 0.05) is 23.1 Å². The number of hydrogen-bond acceptors (Lipinski definition) is 8. The SMILES string of the molecule is CS(=O)(=O)c1nc(NC2=CCCC=C2)n2ncc(/C=C3\CC(=O)NC3=O)c2n1. The van der Waals surface area contributed by atoms with Crippen molar-refractivity contribution in [1.29, 1.82) is 0 Å². The summed E-state index contributed by atoms with van der Waals surface area (Å²) in [4.78, 5) is 31.4. The number of hydrogen-bond donors (Lipinski definition) is 2. The van der Waals surface area contributed by atoms with Gasteiger partial charge in [-0.25, -0.2) is 8.42 Å². The molecule has 10 nitrogen and oxygen atoms in total. The van der Waals surface area contributed by atoms with Crippen molar-refractivity contribution >= 4 is 39.3 Å². The lowest BCUT2D eigenvalue weighted by atomic mass is 10.1. The molecule has 28 heavy (non-hydrogen) atoms. The van der Waals surface area contributed by atoms with Crippen LogP contribution in [0, 0.1) is 0 Å². The van der Waals surface area contributed by atoms with E-state index in [0.29, 0.717) is 5.56 Å². The van der Waals surface area contributed by atoms with Crippen molar-refractivity contribution in [2.45, 2.75) is 24.4 Å². The first-order valence-electron chi connectivity index (χ1n) is 8.45. The monoisotopic (exact) mass is 400 g/mol. The Kier molecular flexibility index (Phi) is 4.30. The standard InChI is InChI=1S/C17H16N6O4S/c1-28(26,27)17-21-14-11(7-10-8-13(24)20-15(10)25)9-18-23(14)16(22-17)19-12-5-3-2-4-6-12/h3,5-7,9H,2,4,8H2,1H3,(H,19,21,22)(H,20,24,25)/b10-7+. The summed E-state index contributed by atoms with van der Waals surface area (Å²) < 4.78 is 25.5. The van der Waals surface area contributed by atoms with E-state index in [1.807, 2.05) is 18.2 Å². The molecule has 1 aliphatic heterocycles. The number of anilines is 1. The highest BCUT2D eigenvalue weighted by molar-refractivity contribution is 7.90. The lowest BCUT2D eigenvalue weighted by Crippen LogP contribution is -2.19. The molecule has 3 heterocycles. The van der Waals surface area contributed by atoms with Crippen molar-refractivity contribution in [3.63, 3.8) is 0 Å². The molecule has 2 aromatic heterocycles. The first-order chi connectivity index (χ1) is 13.3. The minimum atomic E-state index is -3.69. The van der Waals surface area contributed by atoms with Gasteiger partial charge in [0.15, 0.2) is 5.65 Å². The maximum atomic E-state index is 12.1. The van der Waals surface area contributed by atoms with Gasteiger partial charge in [0.25, 0.3) is 11.1 Å². The molecular formula is C17H16N6O4S. The largest absolute Gasteiger partial charge is 0.324 e. The lowest BCUT2D eigenvalue weighted by molar-refractivity contribution is -0.124. The van der Waals surface area contributed by atoms with Gasteiger partial charge in [0.05, 0.1) is 12.6 Å². The van der Waals surface area contributed by atoms with Crippen LogP contribution in [-0.4, -0.2) is 46.1 Å². The number of imide groups is 1. The maximum absolute atomic E-state index is 12.1. The van der Waals surface area contributed by atoms with Gasteiger partial charge >= 0.3 is 0 Å². The number of carbonyl (C=O) groups is 2. The molecule has 11 heteroatoms. The van der Waals surface area contributed by atoms with Crippen molar-refractivity contribution in [2.24, 2.45) is 0 Å². The molecule has 0 spiro atoms. The number of allylic oxidation sites excluding steroid dienone is 3. The van der Waals surface area contributed by atoms with Crippen molar-refractivity contribution < 1.29 is 18.0 Å². The fourth-order valence-electron chi connectivity index (χ4n) is 2.87. The summed E-state index contributed by atoms with van der Waals surface area (Å²) in [5.41, 5.74) is 1.63. The second-order valence-corrected chi connectivity index (χ2v) is 8.33. The van der Waals surface area contributed by atoms with Crippen LogP contribution in [0.2, 0.25) is 0 Å². The molecule has 2 aliphatic rings. The molecule has 2 aromatic rings. The van der Waals surface area contributed by atoms with Crippen LogP contribution >= 0.6 is 0 Å². The second kappa shape index (κ2) is 6.68. The van der Waals surface area contributed by atoms with Crippen LogP contribution in [0.15, 0.2) is 40.9 Å². The molecule has 144 valence electrons. The Hall–Kier alpha value is -3.34. The number of nitrogens with zero attached hydrogens (tertiary/aromatic N) is 4. The number of amides is 2. The van der Waals surface area contributed by atoms with Crippen LogP contribution in [0.25, 0.3) is 11.7 Å². The molecule has 0 aromatic carbocycles. The van der Waals surface area contributed by atoms with E-state index in [4.69, 9.17) is 0 Å². The molecule has 0 atom stereocenters. The summed E-state index contributed by atoms with van der Waals surface area (Å²) in [5.74, 6) is -0.699. The molecule has 1 saturated heterocycles. The summed E-state index contributed by atoms with van der Waals surface area (Å²) in [5, 5.41) is 9.11. The van der Waals surface area contributed by atoms with E-state index in [2.05, 4.69) is 25.7 Å². The van der Waals surface area contributed by atoms with Gasteiger partial charge in [-0.3, -0.25) is 14.9 Å². The van der Waals surface area contributed by atoms with Crippen molar-refractivity contribution in [3.05, 3.63) is 41.3 Å². The Morgan fingerprint density at radius 2 is 2.07 bits per heavy atom. The number of carbonyl (C=O) groups excluding carboxylic acids is 2. The Balaban J connectivity index is 1.85. The van der Waals surface area contributed by atoms with Crippen molar-refractivity contribution in [2.75, 3.05) is 11.6 Å². The predicted molar refractivity (Wildman–Crippen MR) is 99.7 cm³/mol. The van der Waals surface area contributed by atoms with E-state index >= 15 is 0 Å². The van der Waals surface area contributed by atoms with Gasteiger partial charge in [0.1, 0.15) is 0 Å². The number of sulfone groups is 1. The summed E-state index contributed by atoms with van der Waals surface area (Å²) in [6, 6.07) is 0. The molecule has 2 amide bonds. The fraction of sp³-hybridized carbons (Fsp3) is 0.235. The minimum absolute atomic E-state index is 0.0526. The molecule has 0 bridgehead atoms. The zero-order chi connectivity index (χ0) is 19.9. The van der Waals surface area contributed by atoms with Gasteiger partial charge in [-0.1, -0.05) is 12.2 Å². The highest BCUT2D eigenvalue weighted by Gasteiger charge is 2.25. The van der Waals surface area contributed by atoms with E-state index in [1.165, 1.54) is 16.8 Å². The quantitative estimate of drug-likeness (QED) is 0.563. The zero-order valence-corrected chi connectivity index (χ0v) is 15.7. The van der Waals surface area contributed by atoms with Gasteiger partial charge in [0.2, 0.25) is 21.7 Å². The van der Waals surface area contributed by atoms with Crippen LogP contribution in [0.4, 0.5) is 5.95 Å². The zero-order valence-electron chi connectivity index (χ0n) is 14.8. The van der Waals surface area contributed by atoms with Crippen LogP contribution < -0.4 is 10.6 Å². The first kappa shape index (κ1) is 18.0. The van der Waals surface area contributed by atoms with Crippen molar-refractivity contribution in [3.8, 4) is 0 Å². The van der Waals surface area contributed by atoms with E-state index in [0.717, 1.165) is 24.8 Å². The normalized spacial score (nSPS) is 18.6. The third-order valence-electron chi connectivity index (χ3n) is 4.18. The number of aromatic nitrogens is 4. The number of nitrogens with one attached hydrogen (secondary N) is 2. The molecule has 0 unspecified atom stereocenters. The average Bonchev–Trinajstić information content (AvgIpc) is 3.18. The van der Waals surface area contributed by atoms with Crippen LogP contribution in [0.1, 0.15) is 24.8 Å². The third-order valence-corrected chi connectivity index (χ3v) is 5.03. The summed E-state index contributed by atoms with van der Waals surface area (Å²) in [7, 11) is -3.69. The number of fused-ring (bicyclic) bond motifs is 1. The molecule has 4 rings (SSSR count). The molecule has 2 N–H and O–H groups in total. The fourth-order valence-corrected chi connectivity index (χ4v) is 3.37. The highest BCUT2D eigenvalue weighted by Crippen LogP contribution is 2.22. The maximum Gasteiger partial charge on any atom is 0.254 e. The van der Waals surface area contributed by atoms with E-state index in [1.54, 1.807) is 0 Å². The molecule has 0 saturated carbocycles. The highest BCUT2D eigenvalue weighted by atomic mass is 32.2. The Labute approximate surface area is 160 Å². The molecule has 1 aliphatic carbocycles. The van der Waals surface area contributed by atoms with Gasteiger partial charge in [-0.15, -0.1) is 0 Å². The third kappa shape index (κ3) is 3.43. The second-order valence-electron chi connectivity index (χ2n) is 6.43. The van der Waals surface area contributed by atoms with Crippen molar-refractivity contribution in [1.82, 2.24) is 24.9 Å². The Morgan fingerprint density at radius 1 is 1.25 bits per heavy atom. The van der Waals surface area contributed by atoms with Gasteiger partial charge in [-0.05, 0) is 25.0 Å². The predicted octanol–water partition coefficient (Wildman–Crippen LogP) is 0.603.